The maximum atomic E-state index is 13.0. The highest BCUT2D eigenvalue weighted by molar-refractivity contribution is 5.82. The minimum atomic E-state index is -0.00830. The second-order valence-electron chi connectivity index (χ2n) is 8.99. The number of morpholine rings is 1. The molecule has 3 heterocycles. The molecule has 0 bridgehead atoms. The van der Waals surface area contributed by atoms with Gasteiger partial charge in [-0.2, -0.15) is 0 Å². The Bertz CT molecular complexity index is 550. The monoisotopic (exact) mass is 392 g/mol. The van der Waals surface area contributed by atoms with Gasteiger partial charge >= 0.3 is 0 Å². The Kier molecular flexibility index (Phi) is 6.86. The number of carbonyl (C=O) groups excluding carboxylic acids is 2. The van der Waals surface area contributed by atoms with Crippen molar-refractivity contribution in [3.05, 3.63) is 0 Å². The van der Waals surface area contributed by atoms with Gasteiger partial charge in [0.25, 0.3) is 0 Å². The highest BCUT2D eigenvalue weighted by Gasteiger charge is 2.37. The molecule has 28 heavy (non-hydrogen) atoms. The van der Waals surface area contributed by atoms with E-state index in [1.54, 1.807) is 0 Å². The predicted octanol–water partition coefficient (Wildman–Crippen LogP) is 0.737. The normalized spacial score (nSPS) is 34.1. The smallest absolute Gasteiger partial charge is 0.237 e. The molecule has 4 aliphatic rings. The molecule has 3 saturated heterocycles. The van der Waals surface area contributed by atoms with Gasteiger partial charge in [-0.15, -0.1) is 0 Å². The van der Waals surface area contributed by atoms with Crippen molar-refractivity contribution >= 4 is 11.8 Å². The van der Waals surface area contributed by atoms with E-state index in [2.05, 4.69) is 20.4 Å². The van der Waals surface area contributed by atoms with E-state index in [4.69, 9.17) is 4.74 Å². The number of likely N-dealkylation sites (tertiary alicyclic amines) is 1. The highest BCUT2D eigenvalue weighted by atomic mass is 16.5. The predicted molar refractivity (Wildman–Crippen MR) is 107 cm³/mol. The number of carbonyl (C=O) groups is 2. The number of ether oxygens (including phenoxy) is 1. The molecule has 4 atom stereocenters. The Hall–Kier alpha value is -1.18. The molecule has 2 amide bonds. The van der Waals surface area contributed by atoms with Crippen LogP contribution in [-0.4, -0.2) is 85.7 Å². The minimum Gasteiger partial charge on any atom is -0.374 e. The van der Waals surface area contributed by atoms with Crippen molar-refractivity contribution in [2.24, 2.45) is 5.92 Å². The fraction of sp³-hybridized carbons (Fsp3) is 0.905. The van der Waals surface area contributed by atoms with Crippen LogP contribution in [0.1, 0.15) is 51.4 Å². The zero-order valence-corrected chi connectivity index (χ0v) is 17.0. The van der Waals surface area contributed by atoms with Crippen molar-refractivity contribution in [2.75, 3.05) is 45.9 Å². The van der Waals surface area contributed by atoms with Crippen molar-refractivity contribution in [3.8, 4) is 0 Å². The van der Waals surface area contributed by atoms with Gasteiger partial charge in [0.15, 0.2) is 0 Å². The summed E-state index contributed by atoms with van der Waals surface area (Å²) >= 11 is 0. The van der Waals surface area contributed by atoms with Crippen LogP contribution in [0.25, 0.3) is 0 Å². The van der Waals surface area contributed by atoms with Crippen LogP contribution < -0.4 is 10.6 Å². The number of hydrogen-bond donors (Lipinski definition) is 2. The largest absolute Gasteiger partial charge is 0.374 e. The summed E-state index contributed by atoms with van der Waals surface area (Å²) in [4.78, 5) is 29.6. The van der Waals surface area contributed by atoms with Crippen LogP contribution in [0.4, 0.5) is 0 Å². The average Bonchev–Trinajstić information content (AvgIpc) is 3.27. The zero-order valence-electron chi connectivity index (χ0n) is 17.0. The lowest BCUT2D eigenvalue weighted by molar-refractivity contribution is -0.151. The number of nitrogens with one attached hydrogen (secondary N) is 2. The third kappa shape index (κ3) is 4.86. The molecule has 3 aliphatic heterocycles. The van der Waals surface area contributed by atoms with E-state index < -0.39 is 0 Å². The van der Waals surface area contributed by atoms with E-state index >= 15 is 0 Å². The van der Waals surface area contributed by atoms with Crippen molar-refractivity contribution in [1.29, 1.82) is 0 Å². The van der Waals surface area contributed by atoms with E-state index in [1.807, 2.05) is 0 Å². The van der Waals surface area contributed by atoms with Gasteiger partial charge in [-0.05, 0) is 57.5 Å². The molecule has 1 saturated carbocycles. The summed E-state index contributed by atoms with van der Waals surface area (Å²) in [7, 11) is 0. The summed E-state index contributed by atoms with van der Waals surface area (Å²) in [5.41, 5.74) is 0. The molecule has 0 aromatic heterocycles. The number of amides is 2. The average molecular weight is 393 g/mol. The highest BCUT2D eigenvalue weighted by Crippen LogP contribution is 2.28. The second-order valence-corrected chi connectivity index (χ2v) is 8.99. The fourth-order valence-corrected chi connectivity index (χ4v) is 5.43. The molecule has 4 unspecified atom stereocenters. The first-order valence-electron chi connectivity index (χ1n) is 11.4. The number of nitrogens with zero attached hydrogens (tertiary/aromatic N) is 2. The molecule has 7 heteroatoms. The van der Waals surface area contributed by atoms with E-state index in [0.717, 1.165) is 71.2 Å². The van der Waals surface area contributed by atoms with Crippen molar-refractivity contribution in [3.63, 3.8) is 0 Å². The van der Waals surface area contributed by atoms with Gasteiger partial charge in [-0.1, -0.05) is 12.8 Å². The lowest BCUT2D eigenvalue weighted by Crippen LogP contribution is -2.57. The molecule has 4 fully saturated rings. The molecule has 0 aromatic rings. The fourth-order valence-electron chi connectivity index (χ4n) is 5.43. The summed E-state index contributed by atoms with van der Waals surface area (Å²) in [5, 5.41) is 6.38. The third-order valence-corrected chi connectivity index (χ3v) is 6.96. The van der Waals surface area contributed by atoms with Crippen LogP contribution >= 0.6 is 0 Å². The molecule has 1 aliphatic carbocycles. The van der Waals surface area contributed by atoms with E-state index in [-0.39, 0.29) is 30.0 Å². The quantitative estimate of drug-likeness (QED) is 0.722. The van der Waals surface area contributed by atoms with Crippen LogP contribution in [-0.2, 0) is 14.3 Å². The van der Waals surface area contributed by atoms with Gasteiger partial charge in [0.1, 0.15) is 0 Å². The van der Waals surface area contributed by atoms with Crippen molar-refractivity contribution in [1.82, 2.24) is 20.4 Å². The van der Waals surface area contributed by atoms with E-state index in [9.17, 15) is 9.59 Å². The molecular weight excluding hydrogens is 356 g/mol. The van der Waals surface area contributed by atoms with Gasteiger partial charge in [0.2, 0.25) is 11.8 Å². The van der Waals surface area contributed by atoms with Crippen LogP contribution in [0.3, 0.4) is 0 Å². The Labute approximate surface area is 168 Å². The van der Waals surface area contributed by atoms with Gasteiger partial charge in [-0.25, -0.2) is 0 Å². The zero-order chi connectivity index (χ0) is 19.3. The SMILES string of the molecule is O=C(NCC1CCCN(CC(=O)N2CCOC3CCCCC32)C1)C1CCCN1. The first kappa shape index (κ1) is 20.1. The third-order valence-electron chi connectivity index (χ3n) is 6.96. The molecule has 4 rings (SSSR count). The molecule has 0 spiro atoms. The van der Waals surface area contributed by atoms with Gasteiger partial charge in [0, 0.05) is 19.6 Å². The van der Waals surface area contributed by atoms with Crippen LogP contribution in [0, 0.1) is 5.92 Å². The summed E-state index contributed by atoms with van der Waals surface area (Å²) in [6.07, 6.45) is 9.11. The standard InChI is InChI=1S/C21H36N4O3/c26-20(25-11-12-28-19-8-2-1-7-18(19)25)15-24-10-4-5-16(14-24)13-23-21(27)17-6-3-9-22-17/h16-19,22H,1-15H2,(H,23,27). The molecule has 0 aromatic carbocycles. The molecular formula is C21H36N4O3. The van der Waals surface area contributed by atoms with Crippen LogP contribution in [0.2, 0.25) is 0 Å². The Morgan fingerprint density at radius 3 is 2.79 bits per heavy atom. The Morgan fingerprint density at radius 1 is 1.04 bits per heavy atom. The van der Waals surface area contributed by atoms with Gasteiger partial charge in [-0.3, -0.25) is 14.5 Å². The maximum Gasteiger partial charge on any atom is 0.237 e. The van der Waals surface area contributed by atoms with Gasteiger partial charge in [0.05, 0.1) is 31.3 Å². The minimum absolute atomic E-state index is 0.00830. The van der Waals surface area contributed by atoms with E-state index in [1.165, 1.54) is 12.8 Å². The van der Waals surface area contributed by atoms with Crippen molar-refractivity contribution in [2.45, 2.75) is 69.6 Å². The summed E-state index contributed by atoms with van der Waals surface area (Å²) in [5.74, 6) is 0.849. The summed E-state index contributed by atoms with van der Waals surface area (Å²) < 4.78 is 5.91. The first-order valence-corrected chi connectivity index (χ1v) is 11.4. The topological polar surface area (TPSA) is 73.9 Å². The number of rotatable bonds is 5. The number of hydrogen-bond acceptors (Lipinski definition) is 5. The first-order chi connectivity index (χ1) is 13.7. The Balaban J connectivity index is 1.24. The molecule has 158 valence electrons. The molecule has 0 radical (unpaired) electrons. The summed E-state index contributed by atoms with van der Waals surface area (Å²) in [6.45, 7) is 5.49. The molecule has 2 N–H and O–H groups in total. The second kappa shape index (κ2) is 9.55. The lowest BCUT2D eigenvalue weighted by Gasteiger charge is -2.44. The van der Waals surface area contributed by atoms with Crippen LogP contribution in [0.15, 0.2) is 0 Å². The van der Waals surface area contributed by atoms with Gasteiger partial charge < -0.3 is 20.3 Å². The van der Waals surface area contributed by atoms with Crippen molar-refractivity contribution < 1.29 is 14.3 Å². The lowest BCUT2D eigenvalue weighted by atomic mass is 9.90. The summed E-state index contributed by atoms with van der Waals surface area (Å²) in [6, 6.07) is 0.278. The number of piperidine rings is 1. The number of fused-ring (bicyclic) bond motifs is 1. The maximum absolute atomic E-state index is 13.0. The van der Waals surface area contributed by atoms with E-state index in [0.29, 0.717) is 19.1 Å². The Morgan fingerprint density at radius 2 is 1.93 bits per heavy atom. The molecule has 7 nitrogen and oxygen atoms in total. The van der Waals surface area contributed by atoms with Crippen LogP contribution in [0.5, 0.6) is 0 Å².